The van der Waals surface area contributed by atoms with E-state index >= 15 is 0 Å². The van der Waals surface area contributed by atoms with E-state index < -0.39 is 0 Å². The first-order valence-corrected chi connectivity index (χ1v) is 5.08. The zero-order chi connectivity index (χ0) is 10.2. The van der Waals surface area contributed by atoms with E-state index in [1.807, 2.05) is 6.07 Å². The van der Waals surface area contributed by atoms with E-state index in [0.29, 0.717) is 6.61 Å². The Morgan fingerprint density at radius 2 is 2.07 bits per heavy atom. The van der Waals surface area contributed by atoms with Gasteiger partial charge in [-0.3, -0.25) is 0 Å². The molecule has 0 spiro atoms. The molecule has 1 aliphatic rings. The summed E-state index contributed by atoms with van der Waals surface area (Å²) in [5.74, 6) is 0.965. The summed E-state index contributed by atoms with van der Waals surface area (Å²) in [7, 11) is 0. The van der Waals surface area contributed by atoms with E-state index in [1.165, 1.54) is 11.1 Å². The molecule has 0 bridgehead atoms. The molecule has 1 aromatic carbocycles. The number of rotatable bonds is 3. The maximum atomic E-state index is 5.95. The van der Waals surface area contributed by atoms with Gasteiger partial charge >= 0.3 is 0 Å². The molecule has 1 fully saturated rings. The first-order valence-electron chi connectivity index (χ1n) is 5.08. The highest BCUT2D eigenvalue weighted by Gasteiger charge is 2.39. The summed E-state index contributed by atoms with van der Waals surface area (Å²) in [5, 5.41) is 0. The van der Waals surface area contributed by atoms with Gasteiger partial charge in [-0.05, 0) is 38.3 Å². The summed E-state index contributed by atoms with van der Waals surface area (Å²) in [5.41, 5.74) is 8.38. The van der Waals surface area contributed by atoms with Crippen molar-refractivity contribution >= 4 is 0 Å². The van der Waals surface area contributed by atoms with Crippen molar-refractivity contribution in [3.63, 3.8) is 0 Å². The molecular formula is C12H17NO. The predicted molar refractivity (Wildman–Crippen MR) is 57.6 cm³/mol. The van der Waals surface area contributed by atoms with Crippen LogP contribution in [0.3, 0.4) is 0 Å². The highest BCUT2D eigenvalue weighted by Crippen LogP contribution is 2.33. The molecular weight excluding hydrogens is 174 g/mol. The first kappa shape index (κ1) is 9.53. The van der Waals surface area contributed by atoms with Crippen molar-refractivity contribution in [2.75, 3.05) is 6.61 Å². The fourth-order valence-corrected chi connectivity index (χ4v) is 1.49. The first-order chi connectivity index (χ1) is 6.59. The Hall–Kier alpha value is -1.02. The molecule has 0 radical (unpaired) electrons. The van der Waals surface area contributed by atoms with Crippen molar-refractivity contribution in [1.29, 1.82) is 0 Å². The summed E-state index contributed by atoms with van der Waals surface area (Å²) >= 11 is 0. The standard InChI is InChI=1S/C12H17NO/c1-9-3-4-11(10(2)7-9)14-8-12(13)5-6-12/h3-4,7H,5-6,8,13H2,1-2H3. The molecule has 2 nitrogen and oxygen atoms in total. The largest absolute Gasteiger partial charge is 0.491 e. The highest BCUT2D eigenvalue weighted by molar-refractivity contribution is 5.35. The second kappa shape index (κ2) is 3.28. The van der Waals surface area contributed by atoms with Gasteiger partial charge < -0.3 is 10.5 Å². The molecule has 0 unspecified atom stereocenters. The molecule has 14 heavy (non-hydrogen) atoms. The van der Waals surface area contributed by atoms with Crippen LogP contribution >= 0.6 is 0 Å². The van der Waals surface area contributed by atoms with Crippen LogP contribution in [0.5, 0.6) is 5.75 Å². The zero-order valence-electron chi connectivity index (χ0n) is 8.84. The minimum atomic E-state index is -0.0304. The van der Waals surface area contributed by atoms with Crippen LogP contribution in [-0.4, -0.2) is 12.1 Å². The molecule has 0 aliphatic heterocycles. The van der Waals surface area contributed by atoms with Gasteiger partial charge in [0, 0.05) is 0 Å². The molecule has 1 aromatic rings. The lowest BCUT2D eigenvalue weighted by molar-refractivity contribution is 0.278. The summed E-state index contributed by atoms with van der Waals surface area (Å²) in [6.07, 6.45) is 2.19. The molecule has 0 heterocycles. The van der Waals surface area contributed by atoms with Crippen molar-refractivity contribution in [2.45, 2.75) is 32.2 Å². The molecule has 1 saturated carbocycles. The third-order valence-electron chi connectivity index (χ3n) is 2.74. The number of ether oxygens (including phenoxy) is 1. The molecule has 1 aliphatic carbocycles. The number of nitrogens with two attached hydrogens (primary N) is 1. The molecule has 0 aromatic heterocycles. The molecule has 0 atom stereocenters. The normalized spacial score (nSPS) is 17.9. The Kier molecular flexibility index (Phi) is 2.23. The van der Waals surface area contributed by atoms with Crippen LogP contribution in [0.25, 0.3) is 0 Å². The van der Waals surface area contributed by atoms with Gasteiger partial charge in [-0.2, -0.15) is 0 Å². The van der Waals surface area contributed by atoms with Gasteiger partial charge in [0.25, 0.3) is 0 Å². The van der Waals surface area contributed by atoms with E-state index in [4.69, 9.17) is 10.5 Å². The molecule has 0 amide bonds. The van der Waals surface area contributed by atoms with E-state index in [9.17, 15) is 0 Å². The average Bonchev–Trinajstić information content (AvgIpc) is 2.83. The van der Waals surface area contributed by atoms with Gasteiger partial charge in [-0.15, -0.1) is 0 Å². The Morgan fingerprint density at radius 1 is 1.36 bits per heavy atom. The Morgan fingerprint density at radius 3 is 2.64 bits per heavy atom. The van der Waals surface area contributed by atoms with Crippen LogP contribution in [0.1, 0.15) is 24.0 Å². The third kappa shape index (κ3) is 2.07. The van der Waals surface area contributed by atoms with Gasteiger partial charge in [0.1, 0.15) is 12.4 Å². The molecule has 2 N–H and O–H groups in total. The van der Waals surface area contributed by atoms with E-state index in [0.717, 1.165) is 18.6 Å². The molecule has 2 heteroatoms. The van der Waals surface area contributed by atoms with Crippen LogP contribution in [0.15, 0.2) is 18.2 Å². The lowest BCUT2D eigenvalue weighted by Gasteiger charge is -2.13. The number of hydrogen-bond acceptors (Lipinski definition) is 2. The average molecular weight is 191 g/mol. The number of hydrogen-bond donors (Lipinski definition) is 1. The minimum absolute atomic E-state index is 0.0304. The maximum absolute atomic E-state index is 5.95. The highest BCUT2D eigenvalue weighted by atomic mass is 16.5. The fourth-order valence-electron chi connectivity index (χ4n) is 1.49. The summed E-state index contributed by atoms with van der Waals surface area (Å²) in [4.78, 5) is 0. The fraction of sp³-hybridized carbons (Fsp3) is 0.500. The predicted octanol–water partition coefficient (Wildman–Crippen LogP) is 2.17. The van der Waals surface area contributed by atoms with Crippen molar-refractivity contribution in [3.05, 3.63) is 29.3 Å². The summed E-state index contributed by atoms with van der Waals surface area (Å²) in [6, 6.07) is 6.22. The third-order valence-corrected chi connectivity index (χ3v) is 2.74. The molecule has 0 saturated heterocycles. The van der Waals surface area contributed by atoms with E-state index in [2.05, 4.69) is 26.0 Å². The van der Waals surface area contributed by atoms with Crippen LogP contribution in [0.4, 0.5) is 0 Å². The minimum Gasteiger partial charge on any atom is -0.491 e. The lowest BCUT2D eigenvalue weighted by Crippen LogP contribution is -2.29. The van der Waals surface area contributed by atoms with Gasteiger partial charge in [0.2, 0.25) is 0 Å². The van der Waals surface area contributed by atoms with Crippen molar-refractivity contribution in [1.82, 2.24) is 0 Å². The molecule has 76 valence electrons. The SMILES string of the molecule is Cc1ccc(OCC2(N)CC2)c(C)c1. The van der Waals surface area contributed by atoms with Crippen molar-refractivity contribution < 1.29 is 4.74 Å². The monoisotopic (exact) mass is 191 g/mol. The van der Waals surface area contributed by atoms with Crippen LogP contribution < -0.4 is 10.5 Å². The topological polar surface area (TPSA) is 35.2 Å². The Labute approximate surface area is 85.1 Å². The summed E-state index contributed by atoms with van der Waals surface area (Å²) < 4.78 is 5.69. The lowest BCUT2D eigenvalue weighted by atomic mass is 10.1. The quantitative estimate of drug-likeness (QED) is 0.794. The Bertz CT molecular complexity index is 342. The second-order valence-electron chi connectivity index (χ2n) is 4.42. The van der Waals surface area contributed by atoms with Crippen molar-refractivity contribution in [2.24, 2.45) is 5.73 Å². The van der Waals surface area contributed by atoms with E-state index in [-0.39, 0.29) is 5.54 Å². The summed E-state index contributed by atoms with van der Waals surface area (Å²) in [6.45, 7) is 4.80. The number of aryl methyl sites for hydroxylation is 2. The van der Waals surface area contributed by atoms with Gasteiger partial charge in [-0.1, -0.05) is 17.7 Å². The van der Waals surface area contributed by atoms with E-state index in [1.54, 1.807) is 0 Å². The second-order valence-corrected chi connectivity index (χ2v) is 4.42. The van der Waals surface area contributed by atoms with Crippen LogP contribution in [0, 0.1) is 13.8 Å². The smallest absolute Gasteiger partial charge is 0.122 e. The zero-order valence-corrected chi connectivity index (χ0v) is 8.84. The number of benzene rings is 1. The maximum Gasteiger partial charge on any atom is 0.122 e. The van der Waals surface area contributed by atoms with Crippen LogP contribution in [0.2, 0.25) is 0 Å². The van der Waals surface area contributed by atoms with Crippen LogP contribution in [-0.2, 0) is 0 Å². The van der Waals surface area contributed by atoms with Gasteiger partial charge in [0.15, 0.2) is 0 Å². The molecule has 2 rings (SSSR count). The van der Waals surface area contributed by atoms with Crippen molar-refractivity contribution in [3.8, 4) is 5.75 Å². The van der Waals surface area contributed by atoms with Gasteiger partial charge in [0.05, 0.1) is 5.54 Å². The Balaban J connectivity index is 2.02. The van der Waals surface area contributed by atoms with Gasteiger partial charge in [-0.25, -0.2) is 0 Å².